The molecule has 65 heavy (non-hydrogen) atoms. The van der Waals surface area contributed by atoms with E-state index in [1.807, 2.05) is 42.0 Å². The van der Waals surface area contributed by atoms with E-state index in [2.05, 4.69) is 47.4 Å². The summed E-state index contributed by atoms with van der Waals surface area (Å²) in [7, 11) is 3.77. The molecule has 0 bridgehead atoms. The van der Waals surface area contributed by atoms with E-state index >= 15 is 8.78 Å². The monoisotopic (exact) mass is 886 g/mol. The molecular formula is C49H56F2N10O4. The Morgan fingerprint density at radius 2 is 1.65 bits per heavy atom. The second-order valence-electron chi connectivity index (χ2n) is 17.8. The summed E-state index contributed by atoms with van der Waals surface area (Å²) < 4.78 is 34.9. The summed E-state index contributed by atoms with van der Waals surface area (Å²) in [5.74, 6) is -1.11. The van der Waals surface area contributed by atoms with E-state index in [-0.39, 0.29) is 35.4 Å². The topological polar surface area (TPSA) is 140 Å². The van der Waals surface area contributed by atoms with Gasteiger partial charge in [0.25, 0.3) is 11.5 Å². The summed E-state index contributed by atoms with van der Waals surface area (Å²) in [6.07, 6.45) is 8.62. The van der Waals surface area contributed by atoms with Gasteiger partial charge in [0.1, 0.15) is 23.3 Å². The Kier molecular flexibility index (Phi) is 12.6. The van der Waals surface area contributed by atoms with Gasteiger partial charge in [0.2, 0.25) is 11.8 Å². The number of hydrogen-bond donors (Lipinski definition) is 3. The van der Waals surface area contributed by atoms with Gasteiger partial charge < -0.3 is 25.0 Å². The van der Waals surface area contributed by atoms with Crippen LogP contribution in [-0.2, 0) is 23.2 Å². The molecule has 5 aromatic rings. The van der Waals surface area contributed by atoms with Gasteiger partial charge in [-0.2, -0.15) is 0 Å². The van der Waals surface area contributed by atoms with Gasteiger partial charge in [0, 0.05) is 138 Å². The van der Waals surface area contributed by atoms with Crippen molar-refractivity contribution in [3.63, 3.8) is 0 Å². The highest BCUT2D eigenvalue weighted by Crippen LogP contribution is 2.32. The van der Waals surface area contributed by atoms with E-state index in [1.54, 1.807) is 42.2 Å². The third-order valence-corrected chi connectivity index (χ3v) is 13.7. The lowest BCUT2D eigenvalue weighted by Gasteiger charge is -2.39. The Morgan fingerprint density at radius 3 is 2.34 bits per heavy atom. The molecule has 3 saturated heterocycles. The number of imide groups is 1. The highest BCUT2D eigenvalue weighted by molar-refractivity contribution is 6.01. The second kappa shape index (κ2) is 18.6. The van der Waals surface area contributed by atoms with E-state index in [1.165, 1.54) is 12.1 Å². The molecule has 340 valence electrons. The number of carbonyl (C=O) groups is 3. The summed E-state index contributed by atoms with van der Waals surface area (Å²) in [6, 6.07) is 15.0. The van der Waals surface area contributed by atoms with Crippen LogP contribution in [0, 0.1) is 24.5 Å². The van der Waals surface area contributed by atoms with Gasteiger partial charge in [0.05, 0.1) is 11.4 Å². The molecule has 7 heterocycles. The molecule has 16 heteroatoms. The molecule has 3 aromatic heterocycles. The number of nitrogens with one attached hydrogen (secondary N) is 3. The number of amides is 3. The number of nitrogens with zero attached hydrogens (tertiary/aromatic N) is 7. The van der Waals surface area contributed by atoms with Crippen molar-refractivity contribution < 1.29 is 23.2 Å². The number of halogens is 2. The van der Waals surface area contributed by atoms with Crippen LogP contribution in [0.4, 0.5) is 25.8 Å². The van der Waals surface area contributed by atoms with Crippen molar-refractivity contribution in [2.45, 2.75) is 51.6 Å². The van der Waals surface area contributed by atoms with Crippen molar-refractivity contribution >= 4 is 51.4 Å². The van der Waals surface area contributed by atoms with E-state index in [4.69, 9.17) is 0 Å². The van der Waals surface area contributed by atoms with Crippen LogP contribution in [-0.4, -0.2) is 119 Å². The Balaban J connectivity index is 0.754. The van der Waals surface area contributed by atoms with Gasteiger partial charge in [0.15, 0.2) is 0 Å². The standard InChI is InChI=1S/C49H56F2N10O4/c1-31-24-34(25-40(51)46(31)33-11-15-57(16-12-33)30-37-28-38-42(8-14-53-47(38)56(37)3)61-19-13-35(52-2)27-45(61)63)49(65)60-17-9-32(10-18-60)29-58-20-22-59(23-21-58)43-6-4-36(26-39(43)50)54-41-5-7-44(62)55-48(41)64/h4,6,8,11,13-14,19,24-28,32,41,52,54H,5,7,9-10,12,15-18,20-23,29-30H2,1-3H3,(H,55,62,64). The van der Waals surface area contributed by atoms with E-state index in [0.717, 1.165) is 78.3 Å². The maximum atomic E-state index is 16.0. The van der Waals surface area contributed by atoms with Crippen molar-refractivity contribution in [3.05, 3.63) is 117 Å². The van der Waals surface area contributed by atoms with Crippen molar-refractivity contribution in [1.29, 1.82) is 0 Å². The van der Waals surface area contributed by atoms with Gasteiger partial charge in [-0.05, 0) is 98.2 Å². The average Bonchev–Trinajstić information content (AvgIpc) is 3.62. The molecule has 4 aliphatic heterocycles. The molecule has 3 amide bonds. The minimum absolute atomic E-state index is 0.130. The van der Waals surface area contributed by atoms with Gasteiger partial charge in [-0.15, -0.1) is 0 Å². The fraction of sp³-hybridized carbons (Fsp3) is 0.408. The first-order valence-corrected chi connectivity index (χ1v) is 22.6. The number of anilines is 3. The number of carbonyl (C=O) groups excluding carboxylic acids is 3. The largest absolute Gasteiger partial charge is 0.388 e. The van der Waals surface area contributed by atoms with E-state index < -0.39 is 11.9 Å². The summed E-state index contributed by atoms with van der Waals surface area (Å²) in [5.41, 5.74) is 6.95. The zero-order valence-corrected chi connectivity index (χ0v) is 37.2. The number of piperazine rings is 1. The number of hydrogen-bond acceptors (Lipinski definition) is 10. The van der Waals surface area contributed by atoms with Gasteiger partial charge in [-0.3, -0.25) is 38.9 Å². The van der Waals surface area contributed by atoms with Crippen LogP contribution >= 0.6 is 0 Å². The Bertz CT molecular complexity index is 2710. The summed E-state index contributed by atoms with van der Waals surface area (Å²) >= 11 is 0. The molecule has 0 spiro atoms. The second-order valence-corrected chi connectivity index (χ2v) is 17.8. The SMILES string of the molecule is CNc1ccn(-c2ccnc3c2cc(CN2CC=C(c4c(C)cc(C(=O)N5CCC(CN6CCN(c7ccc(NC8CCC(=O)NC8=O)cc7F)CC6)CC5)cc4F)CC2)n3C)c(=O)c1. The van der Waals surface area contributed by atoms with Crippen molar-refractivity contribution in [1.82, 2.24) is 34.1 Å². The lowest BCUT2D eigenvalue weighted by molar-refractivity contribution is -0.133. The quantitative estimate of drug-likeness (QED) is 0.145. The van der Waals surface area contributed by atoms with Crippen LogP contribution in [0.5, 0.6) is 0 Å². The molecule has 9 rings (SSSR count). The van der Waals surface area contributed by atoms with Gasteiger partial charge in [-0.1, -0.05) is 6.08 Å². The number of aryl methyl sites for hydroxylation is 2. The molecule has 1 unspecified atom stereocenters. The Hall–Kier alpha value is -6.39. The molecular weight excluding hydrogens is 831 g/mol. The van der Waals surface area contributed by atoms with Crippen LogP contribution in [0.15, 0.2) is 77.9 Å². The van der Waals surface area contributed by atoms with Crippen LogP contribution in [0.25, 0.3) is 22.3 Å². The minimum atomic E-state index is -0.571. The third-order valence-electron chi connectivity index (χ3n) is 13.7. The number of pyridine rings is 2. The van der Waals surface area contributed by atoms with Crippen LogP contribution in [0.1, 0.15) is 59.3 Å². The first-order valence-electron chi connectivity index (χ1n) is 22.6. The molecule has 2 aromatic carbocycles. The number of piperidine rings is 2. The predicted molar refractivity (Wildman–Crippen MR) is 248 cm³/mol. The number of benzene rings is 2. The van der Waals surface area contributed by atoms with Crippen molar-refractivity contribution in [2.24, 2.45) is 13.0 Å². The fourth-order valence-corrected chi connectivity index (χ4v) is 9.96. The Morgan fingerprint density at radius 1 is 0.846 bits per heavy atom. The molecule has 14 nitrogen and oxygen atoms in total. The molecule has 3 fully saturated rings. The van der Waals surface area contributed by atoms with Crippen LogP contribution in [0.2, 0.25) is 0 Å². The van der Waals surface area contributed by atoms with Crippen molar-refractivity contribution in [2.75, 3.05) is 81.5 Å². The number of rotatable bonds is 11. The maximum Gasteiger partial charge on any atom is 0.257 e. The van der Waals surface area contributed by atoms with E-state index in [0.29, 0.717) is 80.5 Å². The number of aromatic nitrogens is 3. The van der Waals surface area contributed by atoms with Gasteiger partial charge >= 0.3 is 0 Å². The number of likely N-dealkylation sites (tertiary alicyclic amines) is 1. The maximum absolute atomic E-state index is 16.0. The smallest absolute Gasteiger partial charge is 0.257 e. The molecule has 0 aliphatic carbocycles. The summed E-state index contributed by atoms with van der Waals surface area (Å²) in [5, 5.41) is 9.27. The molecule has 4 aliphatic rings. The highest BCUT2D eigenvalue weighted by Gasteiger charge is 2.30. The summed E-state index contributed by atoms with van der Waals surface area (Å²) in [6.45, 7) is 9.06. The predicted octanol–water partition coefficient (Wildman–Crippen LogP) is 5.53. The number of fused-ring (bicyclic) bond motifs is 1. The highest BCUT2D eigenvalue weighted by atomic mass is 19.1. The van der Waals surface area contributed by atoms with Crippen LogP contribution in [0.3, 0.4) is 0 Å². The zero-order chi connectivity index (χ0) is 45.4. The minimum Gasteiger partial charge on any atom is -0.388 e. The first-order chi connectivity index (χ1) is 31.4. The third kappa shape index (κ3) is 9.27. The summed E-state index contributed by atoms with van der Waals surface area (Å²) in [4.78, 5) is 63.5. The van der Waals surface area contributed by atoms with Crippen molar-refractivity contribution in [3.8, 4) is 5.69 Å². The molecule has 0 radical (unpaired) electrons. The normalized spacial score (nSPS) is 19.1. The Labute approximate surface area is 376 Å². The van der Waals surface area contributed by atoms with Gasteiger partial charge in [-0.25, -0.2) is 13.8 Å². The molecule has 3 N–H and O–H groups in total. The first kappa shape index (κ1) is 43.8. The molecule has 0 saturated carbocycles. The van der Waals surface area contributed by atoms with Crippen LogP contribution < -0.4 is 26.4 Å². The average molecular weight is 887 g/mol. The molecule has 1 atom stereocenters. The van der Waals surface area contributed by atoms with E-state index in [9.17, 15) is 19.2 Å². The lowest BCUT2D eigenvalue weighted by Crippen LogP contribution is -2.49. The fourth-order valence-electron chi connectivity index (χ4n) is 9.96. The lowest BCUT2D eigenvalue weighted by atomic mass is 9.92. The zero-order valence-electron chi connectivity index (χ0n) is 37.2.